The first kappa shape index (κ1) is 14.9. The van der Waals surface area contributed by atoms with Crippen molar-refractivity contribution in [2.45, 2.75) is 0 Å². The zero-order valence-corrected chi connectivity index (χ0v) is 12.0. The molecule has 4 nitrogen and oxygen atoms in total. The molecule has 0 fully saturated rings. The number of carbonyl (C=O) groups is 1. The number of carbonyl (C=O) groups excluding carboxylic acids is 1. The standard InChI is InChI=1S/C14H16FNO3S/c1-19-7-5-16(4-6-17)14(18)13-8-10-2-3-11(15)9-12(10)20-13/h2-3,8-9,17H,4-7H2,1H3. The minimum absolute atomic E-state index is 0.102. The number of halogens is 1. The van der Waals surface area contributed by atoms with E-state index in [2.05, 4.69) is 0 Å². The smallest absolute Gasteiger partial charge is 0.264 e. The Morgan fingerprint density at radius 1 is 1.40 bits per heavy atom. The van der Waals surface area contributed by atoms with Crippen molar-refractivity contribution in [3.8, 4) is 0 Å². The van der Waals surface area contributed by atoms with Gasteiger partial charge in [-0.05, 0) is 23.6 Å². The highest BCUT2D eigenvalue weighted by atomic mass is 32.1. The molecule has 0 saturated carbocycles. The maximum atomic E-state index is 13.2. The van der Waals surface area contributed by atoms with Crippen LogP contribution < -0.4 is 0 Å². The molecule has 0 aliphatic carbocycles. The number of aliphatic hydroxyl groups is 1. The molecule has 108 valence electrons. The quantitative estimate of drug-likeness (QED) is 0.888. The molecule has 0 aliphatic heterocycles. The van der Waals surface area contributed by atoms with Crippen LogP contribution in [0.25, 0.3) is 10.1 Å². The van der Waals surface area contributed by atoms with Crippen molar-refractivity contribution in [1.82, 2.24) is 4.90 Å². The number of methoxy groups -OCH3 is 1. The minimum Gasteiger partial charge on any atom is -0.395 e. The van der Waals surface area contributed by atoms with Crippen LogP contribution in [-0.4, -0.2) is 49.3 Å². The molecule has 2 aromatic rings. The molecule has 1 N–H and O–H groups in total. The fourth-order valence-electron chi connectivity index (χ4n) is 1.90. The topological polar surface area (TPSA) is 49.8 Å². The number of rotatable bonds is 6. The minimum atomic E-state index is -0.315. The summed E-state index contributed by atoms with van der Waals surface area (Å²) in [4.78, 5) is 14.4. The Hall–Kier alpha value is -1.50. The fourth-order valence-corrected chi connectivity index (χ4v) is 2.96. The normalized spacial score (nSPS) is 10.9. The van der Waals surface area contributed by atoms with Gasteiger partial charge in [0.2, 0.25) is 0 Å². The zero-order valence-electron chi connectivity index (χ0n) is 11.1. The molecule has 0 spiro atoms. The predicted molar refractivity (Wildman–Crippen MR) is 76.6 cm³/mol. The van der Waals surface area contributed by atoms with Gasteiger partial charge in [-0.25, -0.2) is 4.39 Å². The van der Waals surface area contributed by atoms with E-state index in [9.17, 15) is 9.18 Å². The third-order valence-electron chi connectivity index (χ3n) is 2.92. The predicted octanol–water partition coefficient (Wildman–Crippen LogP) is 2.12. The summed E-state index contributed by atoms with van der Waals surface area (Å²) in [5.41, 5.74) is 0. The average Bonchev–Trinajstić information content (AvgIpc) is 2.85. The molecule has 2 rings (SSSR count). The van der Waals surface area contributed by atoms with Gasteiger partial charge in [0.25, 0.3) is 5.91 Å². The van der Waals surface area contributed by atoms with Gasteiger partial charge in [-0.1, -0.05) is 6.07 Å². The number of thiophene rings is 1. The van der Waals surface area contributed by atoms with Crippen molar-refractivity contribution >= 4 is 27.3 Å². The zero-order chi connectivity index (χ0) is 14.5. The summed E-state index contributed by atoms with van der Waals surface area (Å²) in [6.07, 6.45) is 0. The Bertz CT molecular complexity index is 599. The van der Waals surface area contributed by atoms with Crippen molar-refractivity contribution in [1.29, 1.82) is 0 Å². The number of nitrogens with zero attached hydrogens (tertiary/aromatic N) is 1. The van der Waals surface area contributed by atoms with Crippen LogP contribution in [-0.2, 0) is 4.74 Å². The molecular formula is C14H16FNO3S. The fraction of sp³-hybridized carbons (Fsp3) is 0.357. The highest BCUT2D eigenvalue weighted by Gasteiger charge is 2.17. The summed E-state index contributed by atoms with van der Waals surface area (Å²) in [7, 11) is 1.56. The number of hydrogen-bond acceptors (Lipinski definition) is 4. The lowest BCUT2D eigenvalue weighted by atomic mass is 10.2. The number of benzene rings is 1. The van der Waals surface area contributed by atoms with E-state index >= 15 is 0 Å². The first-order valence-corrected chi connectivity index (χ1v) is 7.05. The van der Waals surface area contributed by atoms with Crippen molar-refractivity contribution in [3.05, 3.63) is 35.0 Å². The van der Waals surface area contributed by atoms with Crippen LogP contribution in [0.2, 0.25) is 0 Å². The molecule has 0 bridgehead atoms. The molecular weight excluding hydrogens is 281 g/mol. The third kappa shape index (κ3) is 3.33. The highest BCUT2D eigenvalue weighted by molar-refractivity contribution is 7.20. The first-order chi connectivity index (χ1) is 9.65. The van der Waals surface area contributed by atoms with E-state index < -0.39 is 0 Å². The van der Waals surface area contributed by atoms with E-state index in [1.807, 2.05) is 0 Å². The van der Waals surface area contributed by atoms with Gasteiger partial charge in [0.1, 0.15) is 5.82 Å². The maximum Gasteiger partial charge on any atom is 0.264 e. The molecule has 0 unspecified atom stereocenters. The maximum absolute atomic E-state index is 13.2. The van der Waals surface area contributed by atoms with Gasteiger partial charge in [-0.2, -0.15) is 0 Å². The van der Waals surface area contributed by atoms with Crippen LogP contribution in [0.4, 0.5) is 4.39 Å². The van der Waals surface area contributed by atoms with E-state index in [-0.39, 0.29) is 24.9 Å². The second-order valence-electron chi connectivity index (χ2n) is 4.30. The molecule has 0 aliphatic rings. The van der Waals surface area contributed by atoms with Crippen molar-refractivity contribution in [3.63, 3.8) is 0 Å². The molecule has 1 aromatic heterocycles. The summed E-state index contributed by atoms with van der Waals surface area (Å²) in [5, 5.41) is 9.87. The Morgan fingerprint density at radius 2 is 2.20 bits per heavy atom. The number of fused-ring (bicyclic) bond motifs is 1. The Kier molecular flexibility index (Phi) is 5.05. The van der Waals surface area contributed by atoms with Crippen LogP contribution in [0.1, 0.15) is 9.67 Å². The number of amides is 1. The lowest BCUT2D eigenvalue weighted by molar-refractivity contribution is 0.0661. The summed E-state index contributed by atoms with van der Waals surface area (Å²) < 4.78 is 18.9. The van der Waals surface area contributed by atoms with Crippen LogP contribution in [0, 0.1) is 5.82 Å². The Labute approximate surface area is 120 Å². The lowest BCUT2D eigenvalue weighted by Crippen LogP contribution is -2.35. The van der Waals surface area contributed by atoms with Crippen LogP contribution in [0.5, 0.6) is 0 Å². The first-order valence-electron chi connectivity index (χ1n) is 6.24. The lowest BCUT2D eigenvalue weighted by Gasteiger charge is -2.20. The third-order valence-corrected chi connectivity index (χ3v) is 4.00. The summed E-state index contributed by atoms with van der Waals surface area (Å²) in [6.45, 7) is 0.976. The van der Waals surface area contributed by atoms with Gasteiger partial charge in [-0.3, -0.25) is 4.79 Å². The largest absolute Gasteiger partial charge is 0.395 e. The average molecular weight is 297 g/mol. The van der Waals surface area contributed by atoms with Gasteiger partial charge in [0.15, 0.2) is 0 Å². The van der Waals surface area contributed by atoms with E-state index in [1.54, 1.807) is 19.2 Å². The van der Waals surface area contributed by atoms with Crippen molar-refractivity contribution in [2.24, 2.45) is 0 Å². The van der Waals surface area contributed by atoms with E-state index in [0.717, 1.165) is 10.1 Å². The Morgan fingerprint density at radius 3 is 2.90 bits per heavy atom. The van der Waals surface area contributed by atoms with E-state index in [4.69, 9.17) is 9.84 Å². The molecule has 0 saturated heterocycles. The molecule has 6 heteroatoms. The van der Waals surface area contributed by atoms with Crippen molar-refractivity contribution in [2.75, 3.05) is 33.4 Å². The summed E-state index contributed by atoms with van der Waals surface area (Å²) in [5.74, 6) is -0.484. The SMILES string of the molecule is COCCN(CCO)C(=O)c1cc2ccc(F)cc2s1. The van der Waals surface area contributed by atoms with Gasteiger partial charge < -0.3 is 14.7 Å². The Balaban J connectivity index is 2.23. The van der Waals surface area contributed by atoms with Gasteiger partial charge in [0, 0.05) is 24.9 Å². The monoisotopic (exact) mass is 297 g/mol. The molecule has 1 amide bonds. The van der Waals surface area contributed by atoms with Gasteiger partial charge in [0.05, 0.1) is 18.1 Å². The van der Waals surface area contributed by atoms with E-state index in [1.165, 1.54) is 28.4 Å². The number of aliphatic hydroxyl groups excluding tert-OH is 1. The van der Waals surface area contributed by atoms with Crippen LogP contribution >= 0.6 is 11.3 Å². The van der Waals surface area contributed by atoms with Gasteiger partial charge in [-0.15, -0.1) is 11.3 Å². The molecule has 0 radical (unpaired) electrons. The van der Waals surface area contributed by atoms with Crippen molar-refractivity contribution < 1.29 is 19.0 Å². The highest BCUT2D eigenvalue weighted by Crippen LogP contribution is 2.27. The number of ether oxygens (including phenoxy) is 1. The molecule has 0 atom stereocenters. The number of hydrogen-bond donors (Lipinski definition) is 1. The van der Waals surface area contributed by atoms with Crippen LogP contribution in [0.15, 0.2) is 24.3 Å². The second kappa shape index (κ2) is 6.78. The van der Waals surface area contributed by atoms with Crippen LogP contribution in [0.3, 0.4) is 0 Å². The van der Waals surface area contributed by atoms with E-state index in [0.29, 0.717) is 18.0 Å². The summed E-state index contributed by atoms with van der Waals surface area (Å²) in [6, 6.07) is 6.20. The summed E-state index contributed by atoms with van der Waals surface area (Å²) >= 11 is 1.25. The van der Waals surface area contributed by atoms with Gasteiger partial charge >= 0.3 is 0 Å². The molecule has 20 heavy (non-hydrogen) atoms. The molecule has 1 heterocycles. The molecule has 1 aromatic carbocycles. The second-order valence-corrected chi connectivity index (χ2v) is 5.39.